The highest BCUT2D eigenvalue weighted by atomic mass is 35.5. The Morgan fingerprint density at radius 1 is 0.763 bits per heavy atom. The summed E-state index contributed by atoms with van der Waals surface area (Å²) < 4.78 is 27.5. The molecule has 5 rings (SSSR count). The largest absolute Gasteiger partial charge is 0.340 e. The van der Waals surface area contributed by atoms with Crippen LogP contribution in [0.2, 0.25) is 5.02 Å². The number of piperazine rings is 1. The number of benzene rings is 3. The molecule has 2 aliphatic rings. The van der Waals surface area contributed by atoms with Crippen molar-refractivity contribution < 1.29 is 13.2 Å². The van der Waals surface area contributed by atoms with E-state index in [0.717, 1.165) is 13.1 Å². The quantitative estimate of drug-likeness (QED) is 0.422. The first-order valence-electron chi connectivity index (χ1n) is 13.3. The van der Waals surface area contributed by atoms with Gasteiger partial charge in [-0.15, -0.1) is 0 Å². The molecule has 200 valence electrons. The van der Waals surface area contributed by atoms with E-state index in [1.165, 1.54) is 15.4 Å². The summed E-state index contributed by atoms with van der Waals surface area (Å²) in [5, 5.41) is 0.460. The summed E-state index contributed by atoms with van der Waals surface area (Å²) >= 11 is 6.18. The van der Waals surface area contributed by atoms with Gasteiger partial charge in [-0.25, -0.2) is 12.7 Å². The molecule has 0 atom stereocenters. The van der Waals surface area contributed by atoms with Crippen molar-refractivity contribution in [3.8, 4) is 0 Å². The van der Waals surface area contributed by atoms with Gasteiger partial charge in [0.15, 0.2) is 0 Å². The van der Waals surface area contributed by atoms with E-state index in [4.69, 9.17) is 11.6 Å². The van der Waals surface area contributed by atoms with Crippen molar-refractivity contribution >= 4 is 27.5 Å². The Kier molecular flexibility index (Phi) is 8.48. The topological polar surface area (TPSA) is 60.9 Å². The predicted octanol–water partition coefficient (Wildman–Crippen LogP) is 4.82. The van der Waals surface area contributed by atoms with Crippen LogP contribution in [0.1, 0.15) is 35.6 Å². The summed E-state index contributed by atoms with van der Waals surface area (Å²) in [6.45, 7) is 3.69. The molecule has 2 saturated heterocycles. The number of hydrogen-bond acceptors (Lipinski definition) is 4. The molecule has 2 fully saturated rings. The Labute approximate surface area is 230 Å². The van der Waals surface area contributed by atoms with E-state index in [1.54, 1.807) is 24.3 Å². The lowest BCUT2D eigenvalue weighted by Gasteiger charge is -2.41. The van der Waals surface area contributed by atoms with Crippen molar-refractivity contribution in [3.05, 3.63) is 107 Å². The van der Waals surface area contributed by atoms with Crippen LogP contribution >= 0.6 is 11.6 Å². The van der Waals surface area contributed by atoms with Crippen LogP contribution in [0.5, 0.6) is 0 Å². The average Bonchev–Trinajstić information content (AvgIpc) is 2.96. The van der Waals surface area contributed by atoms with Crippen molar-refractivity contribution in [2.75, 3.05) is 39.3 Å². The molecule has 0 saturated carbocycles. The van der Waals surface area contributed by atoms with Crippen LogP contribution < -0.4 is 0 Å². The van der Waals surface area contributed by atoms with Crippen molar-refractivity contribution in [1.82, 2.24) is 14.1 Å². The number of nitrogens with zero attached hydrogens (tertiary/aromatic N) is 3. The van der Waals surface area contributed by atoms with Crippen LogP contribution in [0.3, 0.4) is 0 Å². The van der Waals surface area contributed by atoms with Crippen LogP contribution in [0.25, 0.3) is 0 Å². The van der Waals surface area contributed by atoms with E-state index in [0.29, 0.717) is 49.6 Å². The number of carbonyl (C=O) groups excluding carboxylic acids is 1. The van der Waals surface area contributed by atoms with Gasteiger partial charge >= 0.3 is 0 Å². The number of carbonyl (C=O) groups is 1. The molecule has 1 amide bonds. The lowest BCUT2D eigenvalue weighted by molar-refractivity contribution is -0.138. The molecule has 3 aromatic carbocycles. The van der Waals surface area contributed by atoms with Gasteiger partial charge in [0.05, 0.1) is 11.8 Å². The predicted molar refractivity (Wildman–Crippen MR) is 151 cm³/mol. The highest BCUT2D eigenvalue weighted by molar-refractivity contribution is 7.88. The van der Waals surface area contributed by atoms with Crippen LogP contribution in [0.4, 0.5) is 0 Å². The van der Waals surface area contributed by atoms with Crippen LogP contribution in [0, 0.1) is 5.92 Å². The molecule has 0 bridgehead atoms. The second kappa shape index (κ2) is 12.0. The molecule has 38 heavy (non-hydrogen) atoms. The van der Waals surface area contributed by atoms with Gasteiger partial charge in [-0.1, -0.05) is 90.5 Å². The van der Waals surface area contributed by atoms with E-state index < -0.39 is 10.0 Å². The molecular weight excluding hydrogens is 518 g/mol. The maximum atomic E-state index is 13.4. The number of hydrogen-bond donors (Lipinski definition) is 0. The smallest absolute Gasteiger partial charge is 0.225 e. The molecule has 0 radical (unpaired) electrons. The Morgan fingerprint density at radius 3 is 1.84 bits per heavy atom. The van der Waals surface area contributed by atoms with Gasteiger partial charge in [-0.3, -0.25) is 9.69 Å². The lowest BCUT2D eigenvalue weighted by Crippen LogP contribution is -2.52. The molecule has 6 nitrogen and oxygen atoms in total. The monoisotopic (exact) mass is 551 g/mol. The summed E-state index contributed by atoms with van der Waals surface area (Å²) in [6, 6.07) is 28.2. The Morgan fingerprint density at radius 2 is 1.29 bits per heavy atom. The zero-order valence-electron chi connectivity index (χ0n) is 21.5. The molecule has 0 N–H and O–H groups in total. The van der Waals surface area contributed by atoms with E-state index in [-0.39, 0.29) is 23.6 Å². The molecule has 8 heteroatoms. The average molecular weight is 552 g/mol. The van der Waals surface area contributed by atoms with Crippen LogP contribution in [-0.2, 0) is 20.6 Å². The second-order valence-corrected chi connectivity index (χ2v) is 12.5. The number of sulfonamides is 1. The fourth-order valence-electron chi connectivity index (χ4n) is 5.63. The third-order valence-corrected chi connectivity index (χ3v) is 9.91. The molecule has 2 heterocycles. The molecule has 3 aromatic rings. The van der Waals surface area contributed by atoms with Gasteiger partial charge in [0.1, 0.15) is 0 Å². The van der Waals surface area contributed by atoms with Crippen molar-refractivity contribution in [3.63, 3.8) is 0 Å². The van der Waals surface area contributed by atoms with Gasteiger partial charge in [0, 0.05) is 50.2 Å². The van der Waals surface area contributed by atoms with E-state index in [2.05, 4.69) is 53.4 Å². The first kappa shape index (κ1) is 26.9. The minimum Gasteiger partial charge on any atom is -0.340 e. The van der Waals surface area contributed by atoms with Crippen molar-refractivity contribution in [2.45, 2.75) is 24.6 Å². The maximum Gasteiger partial charge on any atom is 0.225 e. The highest BCUT2D eigenvalue weighted by Crippen LogP contribution is 2.30. The second-order valence-electron chi connectivity index (χ2n) is 10.1. The summed E-state index contributed by atoms with van der Waals surface area (Å²) in [5.41, 5.74) is 3.11. The van der Waals surface area contributed by atoms with Gasteiger partial charge in [-0.2, -0.15) is 0 Å². The van der Waals surface area contributed by atoms with E-state index in [1.807, 2.05) is 17.0 Å². The fraction of sp³-hybridized carbons (Fsp3) is 0.367. The van der Waals surface area contributed by atoms with Gasteiger partial charge in [-0.05, 0) is 35.6 Å². The standard InChI is InChI=1S/C30H34ClN3O3S/c31-28-14-8-7-13-27(28)23-38(36,37)34-17-15-26(16-18-34)30(35)33-21-19-32(20-22-33)29(24-9-3-1-4-10-24)25-11-5-2-6-12-25/h1-14,26,29H,15-23H2. The van der Waals surface area contributed by atoms with Crippen molar-refractivity contribution in [2.24, 2.45) is 5.92 Å². The van der Waals surface area contributed by atoms with E-state index >= 15 is 0 Å². The maximum absolute atomic E-state index is 13.4. The first-order valence-corrected chi connectivity index (χ1v) is 15.2. The molecule has 0 spiro atoms. The fourth-order valence-corrected chi connectivity index (χ4v) is 7.50. The zero-order chi connectivity index (χ0) is 26.5. The van der Waals surface area contributed by atoms with E-state index in [9.17, 15) is 13.2 Å². The molecular formula is C30H34ClN3O3S. The number of rotatable bonds is 7. The number of halogens is 1. The highest BCUT2D eigenvalue weighted by Gasteiger charge is 2.35. The molecule has 0 aromatic heterocycles. The third kappa shape index (κ3) is 6.12. The normalized spacial score (nSPS) is 18.1. The van der Waals surface area contributed by atoms with Crippen LogP contribution in [-0.4, -0.2) is 67.7 Å². The van der Waals surface area contributed by atoms with Gasteiger partial charge in [0.2, 0.25) is 15.9 Å². The first-order chi connectivity index (χ1) is 18.4. The summed E-state index contributed by atoms with van der Waals surface area (Å²) in [6.07, 6.45) is 1.11. The third-order valence-electron chi connectivity index (χ3n) is 7.71. The SMILES string of the molecule is O=C(C1CCN(S(=O)(=O)Cc2ccccc2Cl)CC1)N1CCN(C(c2ccccc2)c2ccccc2)CC1. The summed E-state index contributed by atoms with van der Waals surface area (Å²) in [4.78, 5) is 17.8. The molecule has 2 aliphatic heterocycles. The Hall–Kier alpha value is -2.71. The Bertz CT molecular complexity index is 1280. The number of amides is 1. The Balaban J connectivity index is 1.17. The summed E-state index contributed by atoms with van der Waals surface area (Å²) in [5.74, 6) is -0.0897. The van der Waals surface area contributed by atoms with Crippen LogP contribution in [0.15, 0.2) is 84.9 Å². The summed E-state index contributed by atoms with van der Waals surface area (Å²) in [7, 11) is -3.49. The van der Waals surface area contributed by atoms with Crippen molar-refractivity contribution in [1.29, 1.82) is 0 Å². The molecule has 0 aliphatic carbocycles. The molecule has 0 unspecified atom stereocenters. The van der Waals surface area contributed by atoms with Gasteiger partial charge in [0.25, 0.3) is 0 Å². The number of piperidine rings is 1. The minimum absolute atomic E-state index is 0.114. The lowest BCUT2D eigenvalue weighted by atomic mass is 9.95. The van der Waals surface area contributed by atoms with Gasteiger partial charge < -0.3 is 4.90 Å². The minimum atomic E-state index is -3.49. The zero-order valence-corrected chi connectivity index (χ0v) is 23.0.